The van der Waals surface area contributed by atoms with Gasteiger partial charge in [0.1, 0.15) is 27.1 Å². The number of carbonyl (C=O) groups excluding carboxylic acids is 1. The molecule has 172 valence electrons. The van der Waals surface area contributed by atoms with Crippen LogP contribution in [0.25, 0.3) is 0 Å². The number of carbonyl (C=O) groups is 1. The quantitative estimate of drug-likeness (QED) is 0.504. The number of ether oxygens (including phenoxy) is 1. The van der Waals surface area contributed by atoms with E-state index in [9.17, 15) is 18.3 Å². The van der Waals surface area contributed by atoms with Crippen molar-refractivity contribution in [2.24, 2.45) is 0 Å². The van der Waals surface area contributed by atoms with E-state index in [2.05, 4.69) is 5.32 Å². The number of phenols is 1. The van der Waals surface area contributed by atoms with E-state index in [1.54, 1.807) is 71.6 Å². The van der Waals surface area contributed by atoms with Gasteiger partial charge in [0.2, 0.25) is 0 Å². The van der Waals surface area contributed by atoms with Crippen LogP contribution < -0.4 is 15.0 Å². The molecule has 1 atom stereocenters. The van der Waals surface area contributed by atoms with Crippen LogP contribution in [-0.4, -0.2) is 38.1 Å². The molecule has 4 rings (SSSR count). The van der Waals surface area contributed by atoms with E-state index >= 15 is 0 Å². The van der Waals surface area contributed by atoms with E-state index in [0.29, 0.717) is 27.8 Å². The van der Waals surface area contributed by atoms with Gasteiger partial charge in [-0.3, -0.25) is 4.90 Å². The number of aromatic hydroxyl groups is 1. The van der Waals surface area contributed by atoms with Crippen LogP contribution in [-0.2, 0) is 15.4 Å². The number of hydrogen-bond acceptors (Lipinski definition) is 5. The van der Waals surface area contributed by atoms with Crippen LogP contribution in [0.2, 0.25) is 5.02 Å². The average molecular weight is 487 g/mol. The lowest BCUT2D eigenvalue weighted by Crippen LogP contribution is -2.46. The molecule has 1 heterocycles. The van der Waals surface area contributed by atoms with Gasteiger partial charge >= 0.3 is 6.03 Å². The molecule has 33 heavy (non-hydrogen) atoms. The van der Waals surface area contributed by atoms with Crippen molar-refractivity contribution in [1.82, 2.24) is 5.32 Å². The van der Waals surface area contributed by atoms with E-state index in [-0.39, 0.29) is 30.5 Å². The number of phenolic OH excluding ortho intramolecular Hbond substituents is 1. The van der Waals surface area contributed by atoms with Crippen molar-refractivity contribution in [3.05, 3.63) is 83.4 Å². The molecular formula is C24H23ClN2O5S. The van der Waals surface area contributed by atoms with Gasteiger partial charge in [0.15, 0.2) is 0 Å². The largest absolute Gasteiger partial charge is 0.508 e. The SMILES string of the molecule is CS(=O)(=O)CCC1(c2cccc(O)c2)CNC(=O)N1c1ccc(Oc2ccc(Cl)cc2)cc1. The Kier molecular flexibility index (Phi) is 6.23. The highest BCUT2D eigenvalue weighted by molar-refractivity contribution is 7.90. The first-order valence-corrected chi connectivity index (χ1v) is 12.7. The van der Waals surface area contributed by atoms with E-state index in [1.807, 2.05) is 0 Å². The zero-order valence-electron chi connectivity index (χ0n) is 17.9. The van der Waals surface area contributed by atoms with Crippen molar-refractivity contribution in [3.8, 4) is 17.2 Å². The molecule has 0 bridgehead atoms. The lowest BCUT2D eigenvalue weighted by atomic mass is 9.86. The average Bonchev–Trinajstić information content (AvgIpc) is 3.11. The Labute approximate surface area is 197 Å². The van der Waals surface area contributed by atoms with Gasteiger partial charge in [-0.25, -0.2) is 13.2 Å². The van der Waals surface area contributed by atoms with Gasteiger partial charge in [-0.2, -0.15) is 0 Å². The highest BCUT2D eigenvalue weighted by Gasteiger charge is 2.48. The zero-order chi connectivity index (χ0) is 23.6. The second-order valence-corrected chi connectivity index (χ2v) is 10.7. The zero-order valence-corrected chi connectivity index (χ0v) is 19.4. The topological polar surface area (TPSA) is 95.9 Å². The van der Waals surface area contributed by atoms with Crippen molar-refractivity contribution < 1.29 is 23.1 Å². The summed E-state index contributed by atoms with van der Waals surface area (Å²) in [7, 11) is -3.29. The predicted molar refractivity (Wildman–Crippen MR) is 128 cm³/mol. The third kappa shape index (κ3) is 5.07. The van der Waals surface area contributed by atoms with Crippen LogP contribution in [0.5, 0.6) is 17.2 Å². The molecule has 7 nitrogen and oxygen atoms in total. The van der Waals surface area contributed by atoms with Crippen molar-refractivity contribution in [3.63, 3.8) is 0 Å². The summed E-state index contributed by atoms with van der Waals surface area (Å²) in [5, 5.41) is 13.5. The monoisotopic (exact) mass is 486 g/mol. The summed E-state index contributed by atoms with van der Waals surface area (Å²) in [6.45, 7) is 0.202. The fourth-order valence-electron chi connectivity index (χ4n) is 3.97. The van der Waals surface area contributed by atoms with Crippen molar-refractivity contribution in [2.75, 3.05) is 23.5 Å². The Morgan fingerprint density at radius 3 is 2.30 bits per heavy atom. The molecule has 0 aliphatic carbocycles. The number of halogens is 1. The molecule has 0 aromatic heterocycles. The smallest absolute Gasteiger partial charge is 0.322 e. The van der Waals surface area contributed by atoms with Crippen LogP contribution in [0, 0.1) is 0 Å². The number of nitrogens with one attached hydrogen (secondary N) is 1. The van der Waals surface area contributed by atoms with Crippen LogP contribution in [0.1, 0.15) is 12.0 Å². The maximum atomic E-state index is 12.9. The number of hydrogen-bond donors (Lipinski definition) is 2. The first-order chi connectivity index (χ1) is 15.7. The summed E-state index contributed by atoms with van der Waals surface area (Å²) in [5.74, 6) is 1.11. The molecule has 3 aromatic rings. The fraction of sp³-hybridized carbons (Fsp3) is 0.208. The summed E-state index contributed by atoms with van der Waals surface area (Å²) in [6.07, 6.45) is 1.33. The molecule has 0 radical (unpaired) electrons. The van der Waals surface area contributed by atoms with Gasteiger partial charge in [0, 0.05) is 23.5 Å². The van der Waals surface area contributed by atoms with E-state index in [4.69, 9.17) is 16.3 Å². The lowest BCUT2D eigenvalue weighted by molar-refractivity contribution is 0.250. The first kappa shape index (κ1) is 22.9. The van der Waals surface area contributed by atoms with Gasteiger partial charge < -0.3 is 15.2 Å². The summed E-state index contributed by atoms with van der Waals surface area (Å²) in [5.41, 5.74) is 0.230. The molecule has 1 aliphatic rings. The minimum atomic E-state index is -3.29. The Balaban J connectivity index is 1.69. The Morgan fingerprint density at radius 1 is 1.06 bits per heavy atom. The highest BCUT2D eigenvalue weighted by atomic mass is 35.5. The highest BCUT2D eigenvalue weighted by Crippen LogP contribution is 2.41. The van der Waals surface area contributed by atoms with Gasteiger partial charge in [-0.15, -0.1) is 0 Å². The number of anilines is 1. The standard InChI is InChI=1S/C24H23ClN2O5S/c1-33(30,31)14-13-24(17-3-2-4-20(28)15-17)16-26-23(29)27(24)19-7-11-22(12-8-19)32-21-9-5-18(25)6-10-21/h2-12,15,28H,13-14,16H2,1H3,(H,26,29). The van der Waals surface area contributed by atoms with Gasteiger partial charge in [-0.05, 0) is 72.6 Å². The molecule has 1 fully saturated rings. The normalized spacial score (nSPS) is 18.2. The molecule has 1 unspecified atom stereocenters. The Bertz CT molecular complexity index is 1260. The third-order valence-corrected chi connectivity index (χ3v) is 6.78. The summed E-state index contributed by atoms with van der Waals surface area (Å²) < 4.78 is 29.8. The molecule has 2 N–H and O–H groups in total. The number of nitrogens with zero attached hydrogens (tertiary/aromatic N) is 1. The lowest BCUT2D eigenvalue weighted by Gasteiger charge is -2.37. The van der Waals surface area contributed by atoms with Crippen molar-refractivity contribution >= 4 is 33.2 Å². The molecule has 3 aromatic carbocycles. The second kappa shape index (κ2) is 8.96. The molecule has 1 saturated heterocycles. The number of amides is 2. The molecule has 0 spiro atoms. The maximum Gasteiger partial charge on any atom is 0.322 e. The number of sulfone groups is 1. The van der Waals surface area contributed by atoms with Gasteiger partial charge in [-0.1, -0.05) is 23.7 Å². The predicted octanol–water partition coefficient (Wildman–Crippen LogP) is 4.70. The van der Waals surface area contributed by atoms with Crippen LogP contribution >= 0.6 is 11.6 Å². The number of urea groups is 1. The second-order valence-electron chi connectivity index (χ2n) is 8.01. The summed E-state index contributed by atoms with van der Waals surface area (Å²) in [4.78, 5) is 14.5. The Morgan fingerprint density at radius 2 is 1.70 bits per heavy atom. The third-order valence-electron chi connectivity index (χ3n) is 5.58. The summed E-state index contributed by atoms with van der Waals surface area (Å²) >= 11 is 5.91. The first-order valence-electron chi connectivity index (χ1n) is 10.3. The van der Waals surface area contributed by atoms with E-state index in [1.165, 1.54) is 12.3 Å². The number of benzene rings is 3. The minimum Gasteiger partial charge on any atom is -0.508 e. The maximum absolute atomic E-state index is 12.9. The minimum absolute atomic E-state index is 0.0391. The van der Waals surface area contributed by atoms with E-state index in [0.717, 1.165) is 0 Å². The molecule has 9 heteroatoms. The van der Waals surface area contributed by atoms with Crippen LogP contribution in [0.4, 0.5) is 10.5 Å². The molecule has 1 aliphatic heterocycles. The Hall–Kier alpha value is -3.23. The van der Waals surface area contributed by atoms with Crippen LogP contribution in [0.15, 0.2) is 72.8 Å². The number of rotatable bonds is 7. The molecule has 0 saturated carbocycles. The van der Waals surface area contributed by atoms with Crippen LogP contribution in [0.3, 0.4) is 0 Å². The van der Waals surface area contributed by atoms with Gasteiger partial charge in [0.25, 0.3) is 0 Å². The molecular weight excluding hydrogens is 464 g/mol. The fourth-order valence-corrected chi connectivity index (χ4v) is 4.80. The molecule has 2 amide bonds. The van der Waals surface area contributed by atoms with Crippen molar-refractivity contribution in [1.29, 1.82) is 0 Å². The van der Waals surface area contributed by atoms with E-state index < -0.39 is 15.4 Å². The van der Waals surface area contributed by atoms with Gasteiger partial charge in [0.05, 0.1) is 11.3 Å². The summed E-state index contributed by atoms with van der Waals surface area (Å²) in [6, 6.07) is 20.1. The van der Waals surface area contributed by atoms with Crippen molar-refractivity contribution in [2.45, 2.75) is 12.0 Å².